The first-order valence-electron chi connectivity index (χ1n) is 6.32. The van der Waals surface area contributed by atoms with E-state index in [1.165, 1.54) is 6.07 Å². The largest absolute Gasteiger partial charge is 0.393 e. The van der Waals surface area contributed by atoms with E-state index in [0.29, 0.717) is 6.54 Å². The van der Waals surface area contributed by atoms with Gasteiger partial charge in [0.25, 0.3) is 5.56 Å². The van der Waals surface area contributed by atoms with Crippen LogP contribution in [0, 0.1) is 5.92 Å². The summed E-state index contributed by atoms with van der Waals surface area (Å²) >= 11 is 0. The Labute approximate surface area is 109 Å². The van der Waals surface area contributed by atoms with Crippen LogP contribution in [0.5, 0.6) is 0 Å². The van der Waals surface area contributed by atoms with Crippen molar-refractivity contribution < 1.29 is 9.90 Å². The molecule has 1 aliphatic carbocycles. The molecule has 1 aromatic heterocycles. The number of aliphatic hydroxyl groups is 1. The zero-order chi connectivity index (χ0) is 13.8. The third kappa shape index (κ3) is 3.78. The molecular weight excluding hydrogens is 250 g/mol. The average molecular weight is 267 g/mol. The number of carbonyl (C=O) groups excluding carboxylic acids is 1. The molecule has 2 atom stereocenters. The number of hydrogen-bond donors (Lipinski definition) is 4. The lowest BCUT2D eigenvalue weighted by atomic mass is 10.1. The smallest absolute Gasteiger partial charge is 0.325 e. The second-order valence-corrected chi connectivity index (χ2v) is 4.85. The van der Waals surface area contributed by atoms with Gasteiger partial charge in [0, 0.05) is 24.2 Å². The minimum Gasteiger partial charge on any atom is -0.393 e. The molecule has 7 nitrogen and oxygen atoms in total. The number of aromatic amines is 2. The summed E-state index contributed by atoms with van der Waals surface area (Å²) in [5.74, 6) is -0.178. The fraction of sp³-hybridized carbons (Fsp3) is 0.583. The van der Waals surface area contributed by atoms with Crippen LogP contribution in [-0.4, -0.2) is 33.6 Å². The lowest BCUT2D eigenvalue weighted by Gasteiger charge is -2.14. The van der Waals surface area contributed by atoms with Crippen LogP contribution >= 0.6 is 0 Å². The number of rotatable bonds is 4. The van der Waals surface area contributed by atoms with Crippen molar-refractivity contribution in [3.63, 3.8) is 0 Å². The summed E-state index contributed by atoms with van der Waals surface area (Å²) < 4.78 is 0. The highest BCUT2D eigenvalue weighted by Gasteiger charge is 2.25. The first kappa shape index (κ1) is 13.5. The summed E-state index contributed by atoms with van der Waals surface area (Å²) in [7, 11) is 0. The SMILES string of the molecule is O=C(Cc1cc(=O)[nH]c(=O)[nH]1)NCC1CCCC1O. The summed E-state index contributed by atoms with van der Waals surface area (Å²) in [6.45, 7) is 0.424. The molecule has 1 saturated carbocycles. The van der Waals surface area contributed by atoms with E-state index >= 15 is 0 Å². The van der Waals surface area contributed by atoms with Crippen molar-refractivity contribution in [2.75, 3.05) is 6.54 Å². The van der Waals surface area contributed by atoms with Crippen LogP contribution in [0.15, 0.2) is 15.7 Å². The number of aromatic nitrogens is 2. The van der Waals surface area contributed by atoms with Crippen LogP contribution in [-0.2, 0) is 11.2 Å². The maximum atomic E-state index is 11.7. The Bertz CT molecular complexity index is 534. The van der Waals surface area contributed by atoms with E-state index in [-0.39, 0.29) is 30.0 Å². The number of amides is 1. The van der Waals surface area contributed by atoms with Gasteiger partial charge in [0.1, 0.15) is 0 Å². The van der Waals surface area contributed by atoms with E-state index in [1.807, 2.05) is 4.98 Å². The molecule has 1 fully saturated rings. The van der Waals surface area contributed by atoms with Gasteiger partial charge in [-0.05, 0) is 12.8 Å². The van der Waals surface area contributed by atoms with Crippen LogP contribution < -0.4 is 16.6 Å². The minimum atomic E-state index is -0.624. The van der Waals surface area contributed by atoms with Crippen molar-refractivity contribution in [1.82, 2.24) is 15.3 Å². The van der Waals surface area contributed by atoms with Crippen molar-refractivity contribution in [2.45, 2.75) is 31.8 Å². The van der Waals surface area contributed by atoms with Crippen molar-refractivity contribution in [3.05, 3.63) is 32.6 Å². The highest BCUT2D eigenvalue weighted by molar-refractivity contribution is 5.78. The van der Waals surface area contributed by atoms with Crippen molar-refractivity contribution in [1.29, 1.82) is 0 Å². The van der Waals surface area contributed by atoms with E-state index in [4.69, 9.17) is 0 Å². The zero-order valence-electron chi connectivity index (χ0n) is 10.4. The maximum Gasteiger partial charge on any atom is 0.325 e. The van der Waals surface area contributed by atoms with E-state index in [2.05, 4.69) is 10.3 Å². The molecule has 1 heterocycles. The Morgan fingerprint density at radius 2 is 2.16 bits per heavy atom. The third-order valence-electron chi connectivity index (χ3n) is 3.35. The molecule has 0 aliphatic heterocycles. The quantitative estimate of drug-likeness (QED) is 0.553. The predicted molar refractivity (Wildman–Crippen MR) is 67.7 cm³/mol. The lowest BCUT2D eigenvalue weighted by Crippen LogP contribution is -2.34. The predicted octanol–water partition coefficient (Wildman–Crippen LogP) is -1.12. The van der Waals surface area contributed by atoms with E-state index < -0.39 is 11.2 Å². The fourth-order valence-corrected chi connectivity index (χ4v) is 2.35. The molecule has 4 N–H and O–H groups in total. The fourth-order valence-electron chi connectivity index (χ4n) is 2.35. The van der Waals surface area contributed by atoms with Gasteiger partial charge in [0.2, 0.25) is 5.91 Å². The monoisotopic (exact) mass is 267 g/mol. The molecule has 1 aromatic rings. The van der Waals surface area contributed by atoms with E-state index in [9.17, 15) is 19.5 Å². The van der Waals surface area contributed by atoms with Crippen LogP contribution in [0.4, 0.5) is 0 Å². The molecular formula is C12H17N3O4. The summed E-state index contributed by atoms with van der Waals surface area (Å²) in [6.07, 6.45) is 2.26. The van der Waals surface area contributed by atoms with Gasteiger partial charge >= 0.3 is 5.69 Å². The molecule has 0 aromatic carbocycles. The Morgan fingerprint density at radius 3 is 2.79 bits per heavy atom. The molecule has 0 spiro atoms. The van der Waals surface area contributed by atoms with Gasteiger partial charge in [-0.25, -0.2) is 4.79 Å². The van der Waals surface area contributed by atoms with Crippen molar-refractivity contribution in [3.8, 4) is 0 Å². The molecule has 0 radical (unpaired) electrons. The first-order chi connectivity index (χ1) is 9.04. The number of nitrogens with one attached hydrogen (secondary N) is 3. The van der Waals surface area contributed by atoms with E-state index in [1.54, 1.807) is 0 Å². The Morgan fingerprint density at radius 1 is 1.37 bits per heavy atom. The third-order valence-corrected chi connectivity index (χ3v) is 3.35. The van der Waals surface area contributed by atoms with Gasteiger partial charge in [0.05, 0.1) is 12.5 Å². The molecule has 0 saturated heterocycles. The van der Waals surface area contributed by atoms with Gasteiger partial charge in [0.15, 0.2) is 0 Å². The second-order valence-electron chi connectivity index (χ2n) is 4.85. The van der Waals surface area contributed by atoms with Crippen molar-refractivity contribution in [2.24, 2.45) is 5.92 Å². The average Bonchev–Trinajstić information content (AvgIpc) is 2.71. The van der Waals surface area contributed by atoms with Gasteiger partial charge in [-0.15, -0.1) is 0 Å². The Hall–Kier alpha value is -1.89. The highest BCUT2D eigenvalue weighted by atomic mass is 16.3. The molecule has 7 heteroatoms. The lowest BCUT2D eigenvalue weighted by molar-refractivity contribution is -0.120. The van der Waals surface area contributed by atoms with Crippen molar-refractivity contribution >= 4 is 5.91 Å². The Balaban J connectivity index is 1.87. The minimum absolute atomic E-state index is 0.0536. The second kappa shape index (κ2) is 5.83. The zero-order valence-corrected chi connectivity index (χ0v) is 10.4. The van der Waals surface area contributed by atoms with Crippen LogP contribution in [0.25, 0.3) is 0 Å². The maximum absolute atomic E-state index is 11.7. The number of hydrogen-bond acceptors (Lipinski definition) is 4. The van der Waals surface area contributed by atoms with Gasteiger partial charge in [-0.3, -0.25) is 14.6 Å². The van der Waals surface area contributed by atoms with Gasteiger partial charge < -0.3 is 15.4 Å². The molecule has 2 unspecified atom stereocenters. The van der Waals surface area contributed by atoms with E-state index in [0.717, 1.165) is 19.3 Å². The van der Waals surface area contributed by atoms with Gasteiger partial charge in [-0.2, -0.15) is 0 Å². The molecule has 1 aliphatic rings. The van der Waals surface area contributed by atoms with Crippen LogP contribution in [0.3, 0.4) is 0 Å². The number of H-pyrrole nitrogens is 2. The van der Waals surface area contributed by atoms with Crippen LogP contribution in [0.2, 0.25) is 0 Å². The van der Waals surface area contributed by atoms with Gasteiger partial charge in [-0.1, -0.05) is 6.42 Å². The molecule has 0 bridgehead atoms. The topological polar surface area (TPSA) is 115 Å². The molecule has 2 rings (SSSR count). The highest BCUT2D eigenvalue weighted by Crippen LogP contribution is 2.24. The Kier molecular flexibility index (Phi) is 4.16. The summed E-state index contributed by atoms with van der Waals surface area (Å²) in [4.78, 5) is 38.2. The summed E-state index contributed by atoms with van der Waals surface area (Å²) in [6, 6.07) is 1.19. The summed E-state index contributed by atoms with van der Waals surface area (Å²) in [5, 5.41) is 12.3. The number of carbonyl (C=O) groups is 1. The van der Waals surface area contributed by atoms with Crippen LogP contribution in [0.1, 0.15) is 25.0 Å². The molecule has 1 amide bonds. The molecule has 104 valence electrons. The summed E-state index contributed by atoms with van der Waals surface area (Å²) in [5.41, 5.74) is -0.877. The number of aliphatic hydroxyl groups excluding tert-OH is 1. The first-order valence-corrected chi connectivity index (χ1v) is 6.32. The standard InChI is InChI=1S/C12H17N3O4/c16-9-3-1-2-7(9)6-13-10(17)4-8-5-11(18)15-12(19)14-8/h5,7,9,16H,1-4,6H2,(H,13,17)(H2,14,15,18,19). The normalized spacial score (nSPS) is 22.4. The molecule has 19 heavy (non-hydrogen) atoms.